The highest BCUT2D eigenvalue weighted by molar-refractivity contribution is 5.96. The lowest BCUT2D eigenvalue weighted by atomic mass is 9.93. The summed E-state index contributed by atoms with van der Waals surface area (Å²) < 4.78 is 0. The fraction of sp³-hybridized carbons (Fsp3) is 0.500. The largest absolute Gasteiger partial charge is 0.307 e. The Morgan fingerprint density at radius 1 is 1.70 bits per heavy atom. The summed E-state index contributed by atoms with van der Waals surface area (Å²) in [6, 6.07) is 0. The van der Waals surface area contributed by atoms with Gasteiger partial charge in [-0.05, 0) is 25.5 Å². The molecule has 1 aliphatic heterocycles. The van der Waals surface area contributed by atoms with Gasteiger partial charge in [0, 0.05) is 11.9 Å². The molecule has 0 aromatic carbocycles. The zero-order chi connectivity index (χ0) is 7.61. The summed E-state index contributed by atoms with van der Waals surface area (Å²) in [6.07, 6.45) is 6.54. The van der Waals surface area contributed by atoms with Crippen molar-refractivity contribution in [3.05, 3.63) is 12.2 Å². The lowest BCUT2D eigenvalue weighted by Crippen LogP contribution is -2.29. The molecule has 0 aromatic rings. The third kappa shape index (κ3) is 0.897. The fourth-order valence-electron chi connectivity index (χ4n) is 1.12. The van der Waals surface area contributed by atoms with Crippen LogP contribution in [0.2, 0.25) is 0 Å². The van der Waals surface area contributed by atoms with Crippen LogP contribution in [0.4, 0.5) is 0 Å². The van der Waals surface area contributed by atoms with Gasteiger partial charge in [-0.1, -0.05) is 6.92 Å². The van der Waals surface area contributed by atoms with Crippen molar-refractivity contribution in [2.75, 3.05) is 0 Å². The van der Waals surface area contributed by atoms with E-state index in [1.165, 1.54) is 0 Å². The van der Waals surface area contributed by atoms with E-state index >= 15 is 0 Å². The van der Waals surface area contributed by atoms with Crippen LogP contribution in [0.25, 0.3) is 0 Å². The molecule has 0 bridgehead atoms. The number of nitrogens with one attached hydrogen (secondary N) is 1. The van der Waals surface area contributed by atoms with Crippen LogP contribution in [0.15, 0.2) is 17.1 Å². The molecule has 1 aliphatic rings. The van der Waals surface area contributed by atoms with E-state index in [2.05, 4.69) is 4.99 Å². The van der Waals surface area contributed by atoms with Gasteiger partial charge >= 0.3 is 0 Å². The molecular weight excluding hydrogens is 124 g/mol. The minimum Gasteiger partial charge on any atom is -0.307 e. The maximum absolute atomic E-state index is 7.47. The van der Waals surface area contributed by atoms with Gasteiger partial charge in [-0.2, -0.15) is 0 Å². The Balaban J connectivity index is 2.90. The standard InChI is InChI=1S/C8H12N2/c1-3-8(7(2)9)5-4-6-10-8/h4-6,9H,3H2,1-2H3. The first-order chi connectivity index (χ1) is 4.71. The van der Waals surface area contributed by atoms with Gasteiger partial charge in [-0.15, -0.1) is 0 Å². The van der Waals surface area contributed by atoms with E-state index in [9.17, 15) is 0 Å². The van der Waals surface area contributed by atoms with Crippen LogP contribution in [0.5, 0.6) is 0 Å². The molecule has 1 N–H and O–H groups in total. The normalized spacial score (nSPS) is 29.4. The Bertz CT molecular complexity index is 189. The van der Waals surface area contributed by atoms with Gasteiger partial charge < -0.3 is 5.41 Å². The van der Waals surface area contributed by atoms with Crippen LogP contribution < -0.4 is 0 Å². The maximum Gasteiger partial charge on any atom is 0.116 e. The molecule has 1 atom stereocenters. The number of hydrogen-bond acceptors (Lipinski definition) is 2. The number of hydrogen-bond donors (Lipinski definition) is 1. The smallest absolute Gasteiger partial charge is 0.116 e. The molecule has 0 saturated heterocycles. The molecule has 10 heavy (non-hydrogen) atoms. The Morgan fingerprint density at radius 2 is 2.40 bits per heavy atom. The summed E-state index contributed by atoms with van der Waals surface area (Å²) in [5.74, 6) is 0. The Hall–Kier alpha value is -0.920. The van der Waals surface area contributed by atoms with Crippen LogP contribution in [0, 0.1) is 5.41 Å². The van der Waals surface area contributed by atoms with Gasteiger partial charge in [-0.25, -0.2) is 0 Å². The molecule has 0 aliphatic carbocycles. The zero-order valence-electron chi connectivity index (χ0n) is 6.39. The van der Waals surface area contributed by atoms with Crippen molar-refractivity contribution >= 4 is 11.9 Å². The van der Waals surface area contributed by atoms with E-state index in [1.807, 2.05) is 19.1 Å². The van der Waals surface area contributed by atoms with Gasteiger partial charge in [-0.3, -0.25) is 4.99 Å². The van der Waals surface area contributed by atoms with Gasteiger partial charge in [0.25, 0.3) is 0 Å². The minimum absolute atomic E-state index is 0.292. The second-order valence-corrected chi connectivity index (χ2v) is 2.54. The quantitative estimate of drug-likeness (QED) is 0.562. The number of nitrogens with zero attached hydrogens (tertiary/aromatic N) is 1. The van der Waals surface area contributed by atoms with Crippen molar-refractivity contribution in [3.8, 4) is 0 Å². The SMILES string of the molecule is CCC1(C(C)=N)C=CC=N1. The molecule has 2 heteroatoms. The second-order valence-electron chi connectivity index (χ2n) is 2.54. The molecule has 1 heterocycles. The van der Waals surface area contributed by atoms with Crippen molar-refractivity contribution in [2.24, 2.45) is 4.99 Å². The number of aliphatic imine (C=N–C) groups is 1. The maximum atomic E-state index is 7.47. The molecule has 0 amide bonds. The molecule has 2 nitrogen and oxygen atoms in total. The van der Waals surface area contributed by atoms with Gasteiger partial charge in [0.05, 0.1) is 0 Å². The molecule has 1 rings (SSSR count). The average Bonchev–Trinajstić information content (AvgIpc) is 2.35. The Kier molecular flexibility index (Phi) is 1.70. The van der Waals surface area contributed by atoms with E-state index < -0.39 is 0 Å². The molecule has 0 saturated carbocycles. The molecule has 1 unspecified atom stereocenters. The van der Waals surface area contributed by atoms with E-state index in [0.717, 1.165) is 6.42 Å². The predicted octanol–water partition coefficient (Wildman–Crippen LogP) is 1.82. The van der Waals surface area contributed by atoms with Crippen LogP contribution in [-0.2, 0) is 0 Å². The molecule has 54 valence electrons. The summed E-state index contributed by atoms with van der Waals surface area (Å²) in [4.78, 5) is 4.22. The molecule has 0 aromatic heterocycles. The summed E-state index contributed by atoms with van der Waals surface area (Å²) in [5.41, 5.74) is 0.333. The van der Waals surface area contributed by atoms with E-state index in [1.54, 1.807) is 13.1 Å². The van der Waals surface area contributed by atoms with Crippen molar-refractivity contribution < 1.29 is 0 Å². The first kappa shape index (κ1) is 7.19. The van der Waals surface area contributed by atoms with Gasteiger partial charge in [0.1, 0.15) is 5.54 Å². The molecule has 0 fully saturated rings. The first-order valence-corrected chi connectivity index (χ1v) is 3.50. The number of rotatable bonds is 2. The van der Waals surface area contributed by atoms with Crippen LogP contribution in [-0.4, -0.2) is 17.5 Å². The second kappa shape index (κ2) is 2.37. The average molecular weight is 136 g/mol. The zero-order valence-corrected chi connectivity index (χ0v) is 6.39. The van der Waals surface area contributed by atoms with Crippen LogP contribution in [0.3, 0.4) is 0 Å². The molecular formula is C8H12N2. The fourth-order valence-corrected chi connectivity index (χ4v) is 1.12. The summed E-state index contributed by atoms with van der Waals surface area (Å²) in [7, 11) is 0. The third-order valence-corrected chi connectivity index (χ3v) is 1.95. The van der Waals surface area contributed by atoms with Crippen molar-refractivity contribution in [1.29, 1.82) is 5.41 Å². The molecule has 0 spiro atoms. The lowest BCUT2D eigenvalue weighted by molar-refractivity contribution is 0.677. The summed E-state index contributed by atoms with van der Waals surface area (Å²) >= 11 is 0. The van der Waals surface area contributed by atoms with E-state index in [-0.39, 0.29) is 5.54 Å². The highest BCUT2D eigenvalue weighted by Crippen LogP contribution is 2.21. The van der Waals surface area contributed by atoms with Crippen molar-refractivity contribution in [2.45, 2.75) is 25.8 Å². The highest BCUT2D eigenvalue weighted by Gasteiger charge is 2.27. The predicted molar refractivity (Wildman–Crippen MR) is 44.1 cm³/mol. The van der Waals surface area contributed by atoms with Crippen LogP contribution in [0.1, 0.15) is 20.3 Å². The minimum atomic E-state index is -0.292. The van der Waals surface area contributed by atoms with Crippen molar-refractivity contribution in [1.82, 2.24) is 0 Å². The lowest BCUT2D eigenvalue weighted by Gasteiger charge is -2.20. The topological polar surface area (TPSA) is 36.2 Å². The van der Waals surface area contributed by atoms with Crippen LogP contribution >= 0.6 is 0 Å². The Labute approximate surface area is 61.2 Å². The number of allylic oxidation sites excluding steroid dienone is 1. The highest BCUT2D eigenvalue weighted by atomic mass is 14.9. The first-order valence-electron chi connectivity index (χ1n) is 3.50. The summed E-state index contributed by atoms with van der Waals surface area (Å²) in [6.45, 7) is 3.85. The monoisotopic (exact) mass is 136 g/mol. The van der Waals surface area contributed by atoms with Gasteiger partial charge in [0.2, 0.25) is 0 Å². The molecule has 0 radical (unpaired) electrons. The van der Waals surface area contributed by atoms with E-state index in [4.69, 9.17) is 5.41 Å². The third-order valence-electron chi connectivity index (χ3n) is 1.95. The van der Waals surface area contributed by atoms with Gasteiger partial charge in [0.15, 0.2) is 0 Å². The van der Waals surface area contributed by atoms with E-state index in [0.29, 0.717) is 5.71 Å². The Morgan fingerprint density at radius 3 is 2.60 bits per heavy atom. The summed E-state index contributed by atoms with van der Waals surface area (Å²) in [5, 5.41) is 7.47. The van der Waals surface area contributed by atoms with Crippen molar-refractivity contribution in [3.63, 3.8) is 0 Å².